The lowest BCUT2D eigenvalue weighted by Crippen LogP contribution is -2.38. The SMILES string of the molecule is Cc1cc(NC(=O)O)c(-c2ccccc2)nc1C(=O)NCC(C)(C)O. The van der Waals surface area contributed by atoms with Crippen molar-refractivity contribution >= 4 is 17.7 Å². The van der Waals surface area contributed by atoms with E-state index >= 15 is 0 Å². The van der Waals surface area contributed by atoms with Crippen LogP contribution in [-0.4, -0.2) is 39.3 Å². The topological polar surface area (TPSA) is 112 Å². The number of nitrogens with one attached hydrogen (secondary N) is 2. The van der Waals surface area contributed by atoms with Gasteiger partial charge in [0.25, 0.3) is 5.91 Å². The molecule has 0 aliphatic rings. The Hall–Kier alpha value is -2.93. The van der Waals surface area contributed by atoms with E-state index in [2.05, 4.69) is 15.6 Å². The lowest BCUT2D eigenvalue weighted by molar-refractivity contribution is 0.0691. The van der Waals surface area contributed by atoms with E-state index in [1.54, 1.807) is 51.1 Å². The molecule has 132 valence electrons. The molecule has 7 nitrogen and oxygen atoms in total. The average molecular weight is 343 g/mol. The Bertz CT molecular complexity index is 783. The van der Waals surface area contributed by atoms with Crippen molar-refractivity contribution in [1.29, 1.82) is 0 Å². The second-order valence-corrected chi connectivity index (χ2v) is 6.34. The summed E-state index contributed by atoms with van der Waals surface area (Å²) >= 11 is 0. The Morgan fingerprint density at radius 3 is 2.40 bits per heavy atom. The van der Waals surface area contributed by atoms with Crippen LogP contribution in [0.2, 0.25) is 0 Å². The number of hydrogen-bond donors (Lipinski definition) is 4. The Balaban J connectivity index is 2.45. The van der Waals surface area contributed by atoms with E-state index in [4.69, 9.17) is 5.11 Å². The van der Waals surface area contributed by atoms with Crippen molar-refractivity contribution in [2.24, 2.45) is 0 Å². The molecule has 0 atom stereocenters. The molecule has 0 aliphatic heterocycles. The first-order chi connectivity index (χ1) is 11.7. The fourth-order valence-corrected chi connectivity index (χ4v) is 2.25. The highest BCUT2D eigenvalue weighted by molar-refractivity contribution is 5.97. The molecule has 1 heterocycles. The second-order valence-electron chi connectivity index (χ2n) is 6.34. The number of benzene rings is 1. The molecule has 0 aliphatic carbocycles. The molecule has 1 aromatic heterocycles. The van der Waals surface area contributed by atoms with Crippen LogP contribution >= 0.6 is 0 Å². The zero-order chi connectivity index (χ0) is 18.6. The summed E-state index contributed by atoms with van der Waals surface area (Å²) in [6, 6.07) is 10.6. The number of pyridine rings is 1. The number of rotatable bonds is 5. The molecule has 0 bridgehead atoms. The molecular weight excluding hydrogens is 322 g/mol. The fraction of sp³-hybridized carbons (Fsp3) is 0.278. The van der Waals surface area contributed by atoms with E-state index < -0.39 is 17.6 Å². The zero-order valence-corrected chi connectivity index (χ0v) is 14.3. The molecule has 0 radical (unpaired) electrons. The summed E-state index contributed by atoms with van der Waals surface area (Å²) in [7, 11) is 0. The minimum absolute atomic E-state index is 0.0722. The van der Waals surface area contributed by atoms with Crippen LogP contribution in [0.5, 0.6) is 0 Å². The maximum atomic E-state index is 12.4. The van der Waals surface area contributed by atoms with Crippen LogP contribution in [-0.2, 0) is 0 Å². The van der Waals surface area contributed by atoms with Crippen LogP contribution in [0.4, 0.5) is 10.5 Å². The summed E-state index contributed by atoms with van der Waals surface area (Å²) in [5, 5.41) is 23.7. The number of aliphatic hydroxyl groups is 1. The predicted molar refractivity (Wildman–Crippen MR) is 94.7 cm³/mol. The van der Waals surface area contributed by atoms with E-state index in [9.17, 15) is 14.7 Å². The summed E-state index contributed by atoms with van der Waals surface area (Å²) in [5.41, 5.74) is 1.01. The Labute approximate surface area is 145 Å². The maximum absolute atomic E-state index is 12.4. The minimum atomic E-state index is -1.21. The van der Waals surface area contributed by atoms with Gasteiger partial charge in [-0.1, -0.05) is 30.3 Å². The highest BCUT2D eigenvalue weighted by atomic mass is 16.4. The molecule has 1 aromatic carbocycles. The fourth-order valence-electron chi connectivity index (χ4n) is 2.25. The number of carboxylic acid groups (broad SMARTS) is 1. The van der Waals surface area contributed by atoms with Crippen LogP contribution in [0, 0.1) is 6.92 Å². The molecule has 0 saturated carbocycles. The number of hydrogen-bond acceptors (Lipinski definition) is 4. The molecule has 0 spiro atoms. The molecule has 4 N–H and O–H groups in total. The smallest absolute Gasteiger partial charge is 0.409 e. The molecule has 25 heavy (non-hydrogen) atoms. The lowest BCUT2D eigenvalue weighted by Gasteiger charge is -2.18. The molecule has 2 rings (SSSR count). The highest BCUT2D eigenvalue weighted by Gasteiger charge is 2.20. The van der Waals surface area contributed by atoms with E-state index in [-0.39, 0.29) is 12.2 Å². The minimum Gasteiger partial charge on any atom is -0.465 e. The summed E-state index contributed by atoms with van der Waals surface area (Å²) in [5.74, 6) is -0.432. The number of aromatic nitrogens is 1. The van der Waals surface area contributed by atoms with Gasteiger partial charge in [-0.3, -0.25) is 10.1 Å². The first-order valence-corrected chi connectivity index (χ1v) is 7.75. The number of nitrogens with zero attached hydrogens (tertiary/aromatic N) is 1. The Morgan fingerprint density at radius 1 is 1.20 bits per heavy atom. The summed E-state index contributed by atoms with van der Waals surface area (Å²) in [4.78, 5) is 27.8. The standard InChI is InChI=1S/C18H21N3O4/c1-11-9-13(20-17(23)24)15(12-7-5-4-6-8-12)21-14(11)16(22)19-10-18(2,3)25/h4-9,20,25H,10H2,1-3H3,(H,19,22)(H,23,24). The normalized spacial score (nSPS) is 11.0. The van der Waals surface area contributed by atoms with Crippen LogP contribution in [0.3, 0.4) is 0 Å². The van der Waals surface area contributed by atoms with Gasteiger partial charge in [0.05, 0.1) is 17.0 Å². The van der Waals surface area contributed by atoms with Crippen molar-refractivity contribution in [1.82, 2.24) is 10.3 Å². The lowest BCUT2D eigenvalue weighted by atomic mass is 10.1. The quantitative estimate of drug-likeness (QED) is 0.667. The third kappa shape index (κ3) is 5.02. The highest BCUT2D eigenvalue weighted by Crippen LogP contribution is 2.28. The largest absolute Gasteiger partial charge is 0.465 e. The molecule has 0 fully saturated rings. The maximum Gasteiger partial charge on any atom is 0.409 e. The Morgan fingerprint density at radius 2 is 1.84 bits per heavy atom. The van der Waals surface area contributed by atoms with Gasteiger partial charge in [0.15, 0.2) is 0 Å². The van der Waals surface area contributed by atoms with Gasteiger partial charge in [-0.15, -0.1) is 0 Å². The van der Waals surface area contributed by atoms with E-state index in [0.29, 0.717) is 22.5 Å². The summed E-state index contributed by atoms with van der Waals surface area (Å²) in [6.07, 6.45) is -1.21. The predicted octanol–water partition coefficient (Wildman–Crippen LogP) is 2.65. The van der Waals surface area contributed by atoms with Gasteiger partial charge in [0.2, 0.25) is 0 Å². The molecule has 7 heteroatoms. The number of carbonyl (C=O) groups is 2. The van der Waals surface area contributed by atoms with Crippen LogP contribution in [0.1, 0.15) is 29.9 Å². The van der Waals surface area contributed by atoms with Gasteiger partial charge in [0, 0.05) is 12.1 Å². The van der Waals surface area contributed by atoms with Crippen molar-refractivity contribution in [2.75, 3.05) is 11.9 Å². The van der Waals surface area contributed by atoms with Crippen molar-refractivity contribution in [3.8, 4) is 11.3 Å². The van der Waals surface area contributed by atoms with Crippen molar-refractivity contribution in [2.45, 2.75) is 26.4 Å². The number of anilines is 1. The number of carbonyl (C=O) groups excluding carboxylic acids is 1. The molecule has 0 saturated heterocycles. The number of amides is 2. The second kappa shape index (κ2) is 7.31. The van der Waals surface area contributed by atoms with Gasteiger partial charge in [-0.25, -0.2) is 9.78 Å². The van der Waals surface area contributed by atoms with Crippen LogP contribution in [0.15, 0.2) is 36.4 Å². The first-order valence-electron chi connectivity index (χ1n) is 7.75. The first kappa shape index (κ1) is 18.4. The van der Waals surface area contributed by atoms with Gasteiger partial charge in [-0.2, -0.15) is 0 Å². The van der Waals surface area contributed by atoms with E-state index in [1.165, 1.54) is 0 Å². The molecular formula is C18H21N3O4. The third-order valence-electron chi connectivity index (χ3n) is 3.40. The van der Waals surface area contributed by atoms with E-state index in [0.717, 1.165) is 0 Å². The zero-order valence-electron chi connectivity index (χ0n) is 14.3. The van der Waals surface area contributed by atoms with Crippen molar-refractivity contribution < 1.29 is 19.8 Å². The third-order valence-corrected chi connectivity index (χ3v) is 3.40. The van der Waals surface area contributed by atoms with Crippen molar-refractivity contribution in [3.05, 3.63) is 47.7 Å². The summed E-state index contributed by atoms with van der Waals surface area (Å²) < 4.78 is 0. The van der Waals surface area contributed by atoms with Gasteiger partial charge in [-0.05, 0) is 32.4 Å². The average Bonchev–Trinajstić information content (AvgIpc) is 2.52. The van der Waals surface area contributed by atoms with Gasteiger partial charge >= 0.3 is 6.09 Å². The van der Waals surface area contributed by atoms with E-state index in [1.807, 2.05) is 6.07 Å². The number of aryl methyl sites for hydroxylation is 1. The van der Waals surface area contributed by atoms with Crippen molar-refractivity contribution in [3.63, 3.8) is 0 Å². The van der Waals surface area contributed by atoms with Crippen LogP contribution in [0.25, 0.3) is 11.3 Å². The Kier molecular flexibility index (Phi) is 5.38. The molecule has 2 amide bonds. The molecule has 0 unspecified atom stereocenters. The molecule has 2 aromatic rings. The van der Waals surface area contributed by atoms with Gasteiger partial charge in [0.1, 0.15) is 5.69 Å². The van der Waals surface area contributed by atoms with Crippen LogP contribution < -0.4 is 10.6 Å². The van der Waals surface area contributed by atoms with Gasteiger partial charge < -0.3 is 15.5 Å². The monoisotopic (exact) mass is 343 g/mol. The summed E-state index contributed by atoms with van der Waals surface area (Å²) in [6.45, 7) is 4.92.